The number of aromatic hydroxyl groups is 1. The van der Waals surface area contributed by atoms with Crippen LogP contribution in [-0.4, -0.2) is 62.9 Å². The summed E-state index contributed by atoms with van der Waals surface area (Å²) in [6.07, 6.45) is 0. The Kier molecular flexibility index (Phi) is 8.71. The lowest BCUT2D eigenvalue weighted by Gasteiger charge is -2.15. The summed E-state index contributed by atoms with van der Waals surface area (Å²) >= 11 is 0. The van der Waals surface area contributed by atoms with Gasteiger partial charge in [-0.25, -0.2) is 0 Å². The second-order valence-corrected chi connectivity index (χ2v) is 15.6. The van der Waals surface area contributed by atoms with Gasteiger partial charge in [0.05, 0.1) is 10.6 Å². The van der Waals surface area contributed by atoms with Gasteiger partial charge in [0.1, 0.15) is 26.1 Å². The smallest absolute Gasteiger partial charge is 0.297 e. The average Bonchev–Trinajstić information content (AvgIpc) is 2.97. The van der Waals surface area contributed by atoms with Gasteiger partial charge in [-0.2, -0.15) is 33.7 Å². The molecule has 0 aliphatic rings. The molecule has 0 aliphatic heterocycles. The van der Waals surface area contributed by atoms with E-state index in [2.05, 4.69) is 15.5 Å². The fourth-order valence-corrected chi connectivity index (χ4v) is 7.53. The molecule has 22 heteroatoms. The van der Waals surface area contributed by atoms with E-state index in [4.69, 9.17) is 5.73 Å². The molecule has 0 aliphatic carbocycles. The Balaban J connectivity index is 1.80. The van der Waals surface area contributed by atoms with Crippen LogP contribution in [0.25, 0.3) is 21.5 Å². The highest BCUT2D eigenvalue weighted by atomic mass is 32.2. The standard InChI is InChI=1S/C27H20N4O14S4/c28-15-6-4-13(5-7-15)27(33)29-20-12-16(46(34,35)36)10-14-11-22(48(40,41)42)24(25(32)23(14)20)31-30-19-9-8-17-18(26(19)49(43,44)45)2-1-3-21(17)47(37,38)39/h1-12,32H,28H2,(H,29,33)(H,34,35,36)(H,37,38,39)(H,40,41,42)(H,43,44,45). The number of nitrogens with two attached hydrogens (primary N) is 1. The minimum atomic E-state index is -5.37. The Labute approximate surface area is 276 Å². The number of benzene rings is 5. The zero-order chi connectivity index (χ0) is 36.3. The highest BCUT2D eigenvalue weighted by molar-refractivity contribution is 7.87. The number of carbonyl (C=O) groups excluding carboxylic acids is 1. The highest BCUT2D eigenvalue weighted by Gasteiger charge is 2.28. The Morgan fingerprint density at radius 2 is 1.31 bits per heavy atom. The molecular weight excluding hydrogens is 733 g/mol. The number of azo groups is 1. The molecule has 0 fully saturated rings. The minimum absolute atomic E-state index is 0.0141. The zero-order valence-electron chi connectivity index (χ0n) is 23.9. The second-order valence-electron chi connectivity index (χ2n) is 10.1. The molecule has 8 N–H and O–H groups in total. The molecule has 0 bridgehead atoms. The van der Waals surface area contributed by atoms with Crippen molar-refractivity contribution in [3.05, 3.63) is 78.4 Å². The van der Waals surface area contributed by atoms with Gasteiger partial charge in [-0.1, -0.05) is 18.2 Å². The van der Waals surface area contributed by atoms with Crippen molar-refractivity contribution in [2.75, 3.05) is 11.1 Å². The number of nitrogens with zero attached hydrogens (tertiary/aromatic N) is 2. The highest BCUT2D eigenvalue weighted by Crippen LogP contribution is 2.46. The fraction of sp³-hybridized carbons (Fsp3) is 0. The molecule has 256 valence electrons. The molecule has 5 aromatic rings. The molecule has 18 nitrogen and oxygen atoms in total. The molecular formula is C27H20N4O14S4. The van der Waals surface area contributed by atoms with Crippen LogP contribution in [0.5, 0.6) is 5.75 Å². The Morgan fingerprint density at radius 3 is 1.88 bits per heavy atom. The summed E-state index contributed by atoms with van der Waals surface area (Å²) in [5, 5.41) is 19.1. The van der Waals surface area contributed by atoms with Crippen LogP contribution in [0, 0.1) is 0 Å². The Bertz CT molecular complexity index is 2710. The first-order valence-corrected chi connectivity index (χ1v) is 18.7. The summed E-state index contributed by atoms with van der Waals surface area (Å²) in [4.78, 5) is 9.15. The maximum absolute atomic E-state index is 13.0. The molecule has 0 atom stereocenters. The van der Waals surface area contributed by atoms with E-state index in [-0.39, 0.29) is 10.9 Å². The van der Waals surface area contributed by atoms with Crippen molar-refractivity contribution < 1.29 is 61.8 Å². The molecule has 5 rings (SSSR count). The summed E-state index contributed by atoms with van der Waals surface area (Å²) in [6.45, 7) is 0. The molecule has 0 heterocycles. The van der Waals surface area contributed by atoms with Gasteiger partial charge in [0, 0.05) is 27.4 Å². The molecule has 5 aromatic carbocycles. The molecule has 0 spiro atoms. The first-order valence-electron chi connectivity index (χ1n) is 13.0. The lowest BCUT2D eigenvalue weighted by Crippen LogP contribution is -2.13. The second kappa shape index (κ2) is 12.1. The van der Waals surface area contributed by atoms with E-state index in [1.165, 1.54) is 24.3 Å². The van der Waals surface area contributed by atoms with Crippen LogP contribution in [0.3, 0.4) is 0 Å². The largest absolute Gasteiger partial charge is 0.505 e. The maximum atomic E-state index is 13.0. The van der Waals surface area contributed by atoms with Gasteiger partial charge in [0.2, 0.25) is 0 Å². The normalized spacial score (nSPS) is 12.9. The van der Waals surface area contributed by atoms with Crippen LogP contribution in [0.4, 0.5) is 22.7 Å². The first-order chi connectivity index (χ1) is 22.6. The van der Waals surface area contributed by atoms with Crippen molar-refractivity contribution in [1.29, 1.82) is 0 Å². The van der Waals surface area contributed by atoms with Crippen molar-refractivity contribution >= 4 is 90.7 Å². The molecule has 0 radical (unpaired) electrons. The van der Waals surface area contributed by atoms with Gasteiger partial charge >= 0.3 is 0 Å². The molecule has 0 saturated carbocycles. The topological polar surface area (TPSA) is 318 Å². The van der Waals surface area contributed by atoms with Crippen LogP contribution in [0.1, 0.15) is 10.4 Å². The summed E-state index contributed by atoms with van der Waals surface area (Å²) in [5.74, 6) is -2.06. The van der Waals surface area contributed by atoms with Gasteiger partial charge in [0.25, 0.3) is 46.4 Å². The lowest BCUT2D eigenvalue weighted by atomic mass is 10.1. The van der Waals surface area contributed by atoms with Gasteiger partial charge in [-0.05, 0) is 60.0 Å². The lowest BCUT2D eigenvalue weighted by molar-refractivity contribution is 0.102. The number of fused-ring (bicyclic) bond motifs is 2. The van der Waals surface area contributed by atoms with Crippen LogP contribution in [0.15, 0.2) is 103 Å². The van der Waals surface area contributed by atoms with Crippen molar-refractivity contribution in [2.45, 2.75) is 19.6 Å². The SMILES string of the molecule is Nc1ccc(C(=O)Nc2cc(S(=O)(=O)O)cc3cc(S(=O)(=O)O)c(N=Nc4ccc5c(S(=O)(=O)O)cccc5c4S(=O)(=O)O)c(O)c23)cc1. The third kappa shape index (κ3) is 7.06. The van der Waals surface area contributed by atoms with E-state index in [1.54, 1.807) is 0 Å². The quantitative estimate of drug-likeness (QED) is 0.0670. The first kappa shape index (κ1) is 35.2. The Morgan fingerprint density at radius 1 is 0.673 bits per heavy atom. The molecule has 0 unspecified atom stereocenters. The van der Waals surface area contributed by atoms with E-state index in [0.29, 0.717) is 23.9 Å². The summed E-state index contributed by atoms with van der Waals surface area (Å²) in [5.41, 5.74) is 3.56. The monoisotopic (exact) mass is 752 g/mol. The number of rotatable bonds is 8. The predicted octanol–water partition coefficient (Wildman–Crippen LogP) is 3.94. The van der Waals surface area contributed by atoms with Crippen molar-refractivity contribution in [3.63, 3.8) is 0 Å². The number of hydrogen-bond acceptors (Lipinski definition) is 13. The summed E-state index contributed by atoms with van der Waals surface area (Å²) in [6, 6.07) is 12.2. The predicted molar refractivity (Wildman–Crippen MR) is 172 cm³/mol. The number of anilines is 2. The number of nitrogens with one attached hydrogen (secondary N) is 1. The number of hydrogen-bond donors (Lipinski definition) is 7. The van der Waals surface area contributed by atoms with E-state index in [0.717, 1.165) is 30.3 Å². The number of phenols is 1. The number of phenolic OH excluding ortho intramolecular Hbond substituents is 1. The van der Waals surface area contributed by atoms with Crippen molar-refractivity contribution in [3.8, 4) is 5.75 Å². The van der Waals surface area contributed by atoms with E-state index >= 15 is 0 Å². The summed E-state index contributed by atoms with van der Waals surface area (Å²) < 4.78 is 137. The average molecular weight is 753 g/mol. The molecule has 1 amide bonds. The van der Waals surface area contributed by atoms with Gasteiger partial charge < -0.3 is 16.2 Å². The van der Waals surface area contributed by atoms with Gasteiger partial charge in [-0.3, -0.25) is 23.0 Å². The van der Waals surface area contributed by atoms with Crippen LogP contribution < -0.4 is 11.1 Å². The van der Waals surface area contributed by atoms with Crippen LogP contribution >= 0.6 is 0 Å². The van der Waals surface area contributed by atoms with E-state index in [9.17, 15) is 61.8 Å². The maximum Gasteiger partial charge on any atom is 0.297 e. The number of nitrogen functional groups attached to an aromatic ring is 1. The van der Waals surface area contributed by atoms with E-state index < -0.39 is 105 Å². The Hall–Kier alpha value is -5.07. The number of carbonyl (C=O) groups is 1. The fourth-order valence-electron chi connectivity index (χ4n) is 4.80. The minimum Gasteiger partial charge on any atom is -0.505 e. The molecule has 0 aromatic heterocycles. The third-order valence-corrected chi connectivity index (χ3v) is 10.4. The van der Waals surface area contributed by atoms with Crippen molar-refractivity contribution in [1.82, 2.24) is 0 Å². The third-order valence-electron chi connectivity index (χ3n) is 6.87. The molecule has 0 saturated heterocycles. The molecule has 49 heavy (non-hydrogen) atoms. The van der Waals surface area contributed by atoms with Gasteiger partial charge in [0.15, 0.2) is 5.75 Å². The van der Waals surface area contributed by atoms with Crippen LogP contribution in [-0.2, 0) is 40.5 Å². The van der Waals surface area contributed by atoms with Gasteiger partial charge in [-0.15, -0.1) is 10.2 Å². The van der Waals surface area contributed by atoms with Crippen LogP contribution in [0.2, 0.25) is 0 Å². The summed E-state index contributed by atoms with van der Waals surface area (Å²) in [7, 11) is -20.6. The van der Waals surface area contributed by atoms with Crippen molar-refractivity contribution in [2.24, 2.45) is 10.2 Å². The zero-order valence-corrected chi connectivity index (χ0v) is 27.2. The van der Waals surface area contributed by atoms with E-state index in [1.807, 2.05) is 0 Å². The number of amides is 1.